The van der Waals surface area contributed by atoms with Crippen molar-refractivity contribution in [1.29, 1.82) is 0 Å². The molecule has 2 aromatic heterocycles. The zero-order valence-electron chi connectivity index (χ0n) is 10.8. The molecule has 2 heterocycles. The number of rotatable bonds is 3. The van der Waals surface area contributed by atoms with Crippen molar-refractivity contribution in [3.05, 3.63) is 54.4 Å². The van der Waals surface area contributed by atoms with Gasteiger partial charge in [0.15, 0.2) is 0 Å². The highest BCUT2D eigenvalue weighted by molar-refractivity contribution is 5.88. The highest BCUT2D eigenvalue weighted by atomic mass is 16.5. The van der Waals surface area contributed by atoms with E-state index in [4.69, 9.17) is 9.84 Å². The maximum atomic E-state index is 11.0. The van der Waals surface area contributed by atoms with Crippen molar-refractivity contribution in [1.82, 2.24) is 9.38 Å². The van der Waals surface area contributed by atoms with E-state index in [0.29, 0.717) is 5.65 Å². The summed E-state index contributed by atoms with van der Waals surface area (Å²) in [5.74, 6) is -0.204. The fourth-order valence-corrected chi connectivity index (χ4v) is 2.04. The van der Waals surface area contributed by atoms with Crippen molar-refractivity contribution in [3.8, 4) is 17.0 Å². The molecule has 5 heteroatoms. The van der Waals surface area contributed by atoms with Gasteiger partial charge in [0.1, 0.15) is 11.4 Å². The zero-order chi connectivity index (χ0) is 14.1. The van der Waals surface area contributed by atoms with Gasteiger partial charge in [0.2, 0.25) is 0 Å². The average Bonchev–Trinajstić information content (AvgIpc) is 2.90. The summed E-state index contributed by atoms with van der Waals surface area (Å²) >= 11 is 0. The average molecular weight is 268 g/mol. The van der Waals surface area contributed by atoms with Crippen LogP contribution in [0.2, 0.25) is 0 Å². The Labute approximate surface area is 115 Å². The quantitative estimate of drug-likeness (QED) is 0.793. The Bertz CT molecular complexity index is 793. The summed E-state index contributed by atoms with van der Waals surface area (Å²) in [5.41, 5.74) is 2.51. The van der Waals surface area contributed by atoms with Crippen molar-refractivity contribution >= 4 is 11.6 Å². The summed E-state index contributed by atoms with van der Waals surface area (Å²) in [6.07, 6.45) is 3.55. The molecular formula is C15H12N2O3. The Balaban J connectivity index is 2.10. The van der Waals surface area contributed by atoms with Crippen molar-refractivity contribution in [2.75, 3.05) is 7.11 Å². The SMILES string of the molecule is COc1cccc(-c2cn3ccc(C(=O)O)cc3n2)c1. The topological polar surface area (TPSA) is 63.8 Å². The number of methoxy groups -OCH3 is 1. The Morgan fingerprint density at radius 3 is 2.90 bits per heavy atom. The minimum Gasteiger partial charge on any atom is -0.497 e. The molecule has 0 saturated heterocycles. The molecule has 3 rings (SSSR count). The molecule has 3 aromatic rings. The van der Waals surface area contributed by atoms with Gasteiger partial charge in [0, 0.05) is 18.0 Å². The van der Waals surface area contributed by atoms with Gasteiger partial charge in [-0.1, -0.05) is 12.1 Å². The molecule has 1 aromatic carbocycles. The lowest BCUT2D eigenvalue weighted by Gasteiger charge is -2.00. The monoisotopic (exact) mass is 268 g/mol. The van der Waals surface area contributed by atoms with Crippen LogP contribution in [0, 0.1) is 0 Å². The smallest absolute Gasteiger partial charge is 0.335 e. The number of fused-ring (bicyclic) bond motifs is 1. The number of aromatic nitrogens is 2. The highest BCUT2D eigenvalue weighted by Gasteiger charge is 2.08. The molecule has 5 nitrogen and oxygen atoms in total. The molecule has 100 valence electrons. The van der Waals surface area contributed by atoms with Gasteiger partial charge in [-0.2, -0.15) is 0 Å². The molecule has 0 radical (unpaired) electrons. The summed E-state index contributed by atoms with van der Waals surface area (Å²) in [6.45, 7) is 0. The fourth-order valence-electron chi connectivity index (χ4n) is 2.04. The third kappa shape index (κ3) is 2.09. The van der Waals surface area contributed by atoms with E-state index in [1.165, 1.54) is 0 Å². The van der Waals surface area contributed by atoms with E-state index in [9.17, 15) is 4.79 Å². The summed E-state index contributed by atoms with van der Waals surface area (Å²) in [7, 11) is 1.61. The van der Waals surface area contributed by atoms with Gasteiger partial charge in [0.05, 0.1) is 18.4 Å². The van der Waals surface area contributed by atoms with E-state index in [1.54, 1.807) is 29.8 Å². The predicted octanol–water partition coefficient (Wildman–Crippen LogP) is 2.71. The lowest BCUT2D eigenvalue weighted by Crippen LogP contribution is -1.96. The van der Waals surface area contributed by atoms with Gasteiger partial charge in [-0.25, -0.2) is 9.78 Å². The molecular weight excluding hydrogens is 256 g/mol. The summed E-state index contributed by atoms with van der Waals surface area (Å²) in [6, 6.07) is 10.7. The first-order chi connectivity index (χ1) is 9.67. The number of carbonyl (C=O) groups is 1. The third-order valence-corrected chi connectivity index (χ3v) is 3.07. The summed E-state index contributed by atoms with van der Waals surface area (Å²) in [4.78, 5) is 15.4. The van der Waals surface area contributed by atoms with E-state index in [-0.39, 0.29) is 5.56 Å². The third-order valence-electron chi connectivity index (χ3n) is 3.07. The number of hydrogen-bond donors (Lipinski definition) is 1. The van der Waals surface area contributed by atoms with Crippen molar-refractivity contribution in [2.45, 2.75) is 0 Å². The van der Waals surface area contributed by atoms with Crippen LogP contribution in [0.25, 0.3) is 16.9 Å². The van der Waals surface area contributed by atoms with Crippen LogP contribution in [0.15, 0.2) is 48.8 Å². The summed E-state index contributed by atoms with van der Waals surface area (Å²) < 4.78 is 6.98. The standard InChI is InChI=1S/C15H12N2O3/c1-20-12-4-2-3-10(7-12)13-9-17-6-5-11(15(18)19)8-14(17)16-13/h2-9H,1H3,(H,18,19). The first-order valence-electron chi connectivity index (χ1n) is 6.04. The minimum absolute atomic E-state index is 0.222. The first kappa shape index (κ1) is 12.2. The molecule has 0 amide bonds. The molecule has 0 saturated carbocycles. The number of pyridine rings is 1. The molecule has 0 aliphatic heterocycles. The lowest BCUT2D eigenvalue weighted by atomic mass is 10.1. The maximum absolute atomic E-state index is 11.0. The van der Waals surface area contributed by atoms with Gasteiger partial charge in [0.25, 0.3) is 0 Å². The number of carboxylic acid groups (broad SMARTS) is 1. The maximum Gasteiger partial charge on any atom is 0.335 e. The predicted molar refractivity (Wildman–Crippen MR) is 74.1 cm³/mol. The fraction of sp³-hybridized carbons (Fsp3) is 0.0667. The van der Waals surface area contributed by atoms with Crippen LogP contribution in [0.3, 0.4) is 0 Å². The second-order valence-electron chi connectivity index (χ2n) is 4.34. The number of nitrogens with zero attached hydrogens (tertiary/aromatic N) is 2. The normalized spacial score (nSPS) is 10.7. The minimum atomic E-state index is -0.960. The zero-order valence-corrected chi connectivity index (χ0v) is 10.8. The van der Waals surface area contributed by atoms with Crippen LogP contribution < -0.4 is 4.74 Å². The number of benzene rings is 1. The molecule has 20 heavy (non-hydrogen) atoms. The molecule has 0 unspecified atom stereocenters. The second kappa shape index (κ2) is 4.70. The van der Waals surface area contributed by atoms with E-state index < -0.39 is 5.97 Å². The van der Waals surface area contributed by atoms with Gasteiger partial charge >= 0.3 is 5.97 Å². The molecule has 0 bridgehead atoms. The first-order valence-corrected chi connectivity index (χ1v) is 6.04. The Morgan fingerprint density at radius 2 is 2.15 bits per heavy atom. The van der Waals surface area contributed by atoms with E-state index in [2.05, 4.69) is 4.98 Å². The lowest BCUT2D eigenvalue weighted by molar-refractivity contribution is 0.0697. The molecule has 0 aliphatic rings. The van der Waals surface area contributed by atoms with Crippen LogP contribution in [0.1, 0.15) is 10.4 Å². The van der Waals surface area contributed by atoms with E-state index in [0.717, 1.165) is 17.0 Å². The van der Waals surface area contributed by atoms with Crippen LogP contribution in [-0.2, 0) is 0 Å². The number of ether oxygens (including phenoxy) is 1. The van der Waals surface area contributed by atoms with E-state index in [1.807, 2.05) is 30.5 Å². The van der Waals surface area contributed by atoms with Gasteiger partial charge < -0.3 is 14.2 Å². The van der Waals surface area contributed by atoms with Crippen LogP contribution >= 0.6 is 0 Å². The Kier molecular flexibility index (Phi) is 2.87. The Hall–Kier alpha value is -2.82. The van der Waals surface area contributed by atoms with Crippen molar-refractivity contribution < 1.29 is 14.6 Å². The van der Waals surface area contributed by atoms with Gasteiger partial charge in [-0.05, 0) is 24.3 Å². The molecule has 0 spiro atoms. The van der Waals surface area contributed by atoms with E-state index >= 15 is 0 Å². The van der Waals surface area contributed by atoms with Crippen molar-refractivity contribution in [2.24, 2.45) is 0 Å². The van der Waals surface area contributed by atoms with Crippen LogP contribution in [0.5, 0.6) is 5.75 Å². The molecule has 1 N–H and O–H groups in total. The number of aromatic carboxylic acids is 1. The second-order valence-corrected chi connectivity index (χ2v) is 4.34. The van der Waals surface area contributed by atoms with Gasteiger partial charge in [-0.3, -0.25) is 0 Å². The van der Waals surface area contributed by atoms with Crippen LogP contribution in [0.4, 0.5) is 0 Å². The van der Waals surface area contributed by atoms with Crippen molar-refractivity contribution in [3.63, 3.8) is 0 Å². The highest BCUT2D eigenvalue weighted by Crippen LogP contribution is 2.23. The molecule has 0 fully saturated rings. The number of imidazole rings is 1. The number of hydrogen-bond acceptors (Lipinski definition) is 3. The Morgan fingerprint density at radius 1 is 1.30 bits per heavy atom. The molecule has 0 aliphatic carbocycles. The summed E-state index contributed by atoms with van der Waals surface area (Å²) in [5, 5.41) is 8.98. The molecule has 0 atom stereocenters. The largest absolute Gasteiger partial charge is 0.497 e. The van der Waals surface area contributed by atoms with Crippen LogP contribution in [-0.4, -0.2) is 27.6 Å². The number of carboxylic acids is 1. The van der Waals surface area contributed by atoms with Gasteiger partial charge in [-0.15, -0.1) is 0 Å².